The van der Waals surface area contributed by atoms with Gasteiger partial charge in [-0.2, -0.15) is 5.10 Å². The number of rotatable bonds is 3. The minimum absolute atomic E-state index is 0.498. The molecule has 3 aromatic carbocycles. The second-order valence-corrected chi connectivity index (χ2v) is 7.77. The van der Waals surface area contributed by atoms with Crippen LogP contribution in [0, 0.1) is 0 Å². The summed E-state index contributed by atoms with van der Waals surface area (Å²) in [6.45, 7) is 1.97. The largest absolute Gasteiger partial charge is 0.354 e. The molecule has 1 aliphatic heterocycles. The van der Waals surface area contributed by atoms with Gasteiger partial charge in [-0.25, -0.2) is 0 Å². The van der Waals surface area contributed by atoms with E-state index in [4.69, 9.17) is 23.2 Å². The molecule has 1 heterocycles. The Morgan fingerprint density at radius 3 is 2.58 bits per heavy atom. The summed E-state index contributed by atoms with van der Waals surface area (Å²) in [7, 11) is 0. The Hall–Kier alpha value is -2.14. The van der Waals surface area contributed by atoms with E-state index in [1.165, 1.54) is 9.79 Å². The summed E-state index contributed by atoms with van der Waals surface area (Å²) in [4.78, 5) is 2.44. The lowest BCUT2D eigenvalue weighted by Crippen LogP contribution is -2.04. The average molecular weight is 400 g/mol. The maximum atomic E-state index is 6.04. The Morgan fingerprint density at radius 2 is 1.73 bits per heavy atom. The lowest BCUT2D eigenvalue weighted by Gasteiger charge is -2.21. The molecule has 6 heteroatoms. The molecule has 1 aliphatic rings. The number of hydrogen-bond acceptors (Lipinski definition) is 4. The number of benzene rings is 3. The molecule has 26 heavy (non-hydrogen) atoms. The highest BCUT2D eigenvalue weighted by Gasteiger charge is 2.15. The first-order chi connectivity index (χ1) is 12.6. The molecule has 3 aromatic rings. The van der Waals surface area contributed by atoms with Gasteiger partial charge in [0.05, 0.1) is 32.8 Å². The summed E-state index contributed by atoms with van der Waals surface area (Å²) in [5.41, 5.74) is 7.96. The van der Waals surface area contributed by atoms with Crippen molar-refractivity contribution < 1.29 is 0 Å². The quantitative estimate of drug-likeness (QED) is 0.286. The van der Waals surface area contributed by atoms with E-state index >= 15 is 0 Å². The number of hydrazone groups is 1. The van der Waals surface area contributed by atoms with Crippen molar-refractivity contribution in [3.05, 3.63) is 76.3 Å². The van der Waals surface area contributed by atoms with Gasteiger partial charge in [0, 0.05) is 9.79 Å². The SMILES string of the molecule is CC(=NNc1ccc(Cl)c(Cl)c1)c1ccc2c(c1)Nc1ccccc1S2. The molecule has 3 nitrogen and oxygen atoms in total. The molecular weight excluding hydrogens is 385 g/mol. The lowest BCUT2D eigenvalue weighted by molar-refractivity contribution is 1.29. The standard InChI is InChI=1S/C20H15Cl2N3S/c1-12(24-25-14-7-8-15(21)16(22)11-14)13-6-9-20-18(10-13)23-17-4-2-3-5-19(17)26-20/h2-11,23,25H,1H3. The zero-order valence-electron chi connectivity index (χ0n) is 13.9. The van der Waals surface area contributed by atoms with Crippen molar-refractivity contribution in [3.8, 4) is 0 Å². The minimum atomic E-state index is 0.498. The third kappa shape index (κ3) is 3.54. The van der Waals surface area contributed by atoms with Crippen LogP contribution in [0.5, 0.6) is 0 Å². The summed E-state index contributed by atoms with van der Waals surface area (Å²) >= 11 is 13.7. The average Bonchev–Trinajstić information content (AvgIpc) is 2.66. The van der Waals surface area contributed by atoms with Crippen LogP contribution in [-0.4, -0.2) is 5.71 Å². The number of nitrogens with zero attached hydrogens (tertiary/aromatic N) is 1. The van der Waals surface area contributed by atoms with Crippen molar-refractivity contribution in [2.24, 2.45) is 5.10 Å². The fraction of sp³-hybridized carbons (Fsp3) is 0.0500. The zero-order chi connectivity index (χ0) is 18.1. The van der Waals surface area contributed by atoms with Crippen molar-refractivity contribution in [1.82, 2.24) is 0 Å². The van der Waals surface area contributed by atoms with E-state index in [1.807, 2.05) is 19.1 Å². The summed E-state index contributed by atoms with van der Waals surface area (Å²) in [6, 6.07) is 20.0. The predicted octanol–water partition coefficient (Wildman–Crippen LogP) is 7.04. The van der Waals surface area contributed by atoms with E-state index in [-0.39, 0.29) is 0 Å². The predicted molar refractivity (Wildman–Crippen MR) is 113 cm³/mol. The van der Waals surface area contributed by atoms with Gasteiger partial charge in [-0.15, -0.1) is 0 Å². The topological polar surface area (TPSA) is 36.4 Å². The van der Waals surface area contributed by atoms with E-state index in [0.29, 0.717) is 10.0 Å². The van der Waals surface area contributed by atoms with Crippen molar-refractivity contribution in [2.75, 3.05) is 10.7 Å². The Bertz CT molecular complexity index is 1020. The molecule has 0 amide bonds. The lowest BCUT2D eigenvalue weighted by atomic mass is 10.1. The Morgan fingerprint density at radius 1 is 0.923 bits per heavy atom. The Kier molecular flexibility index (Phi) is 4.81. The third-order valence-electron chi connectivity index (χ3n) is 4.05. The van der Waals surface area contributed by atoms with E-state index in [2.05, 4.69) is 52.2 Å². The summed E-state index contributed by atoms with van der Waals surface area (Å²) in [6.07, 6.45) is 0. The first-order valence-corrected chi connectivity index (χ1v) is 9.61. The highest BCUT2D eigenvalue weighted by Crippen LogP contribution is 2.44. The van der Waals surface area contributed by atoms with E-state index in [9.17, 15) is 0 Å². The van der Waals surface area contributed by atoms with Gasteiger partial charge >= 0.3 is 0 Å². The summed E-state index contributed by atoms with van der Waals surface area (Å²) in [5.74, 6) is 0. The highest BCUT2D eigenvalue weighted by molar-refractivity contribution is 7.99. The molecule has 4 rings (SSSR count). The van der Waals surface area contributed by atoms with Gasteiger partial charge in [0.15, 0.2) is 0 Å². The summed E-state index contributed by atoms with van der Waals surface area (Å²) in [5, 5.41) is 8.98. The molecule has 0 saturated carbocycles. The van der Waals surface area contributed by atoms with E-state index in [0.717, 1.165) is 28.3 Å². The molecule has 130 valence electrons. The molecule has 0 aromatic heterocycles. The monoisotopic (exact) mass is 399 g/mol. The van der Waals surface area contributed by atoms with Crippen LogP contribution in [0.1, 0.15) is 12.5 Å². The van der Waals surface area contributed by atoms with Crippen molar-refractivity contribution in [2.45, 2.75) is 16.7 Å². The van der Waals surface area contributed by atoms with Crippen LogP contribution in [-0.2, 0) is 0 Å². The van der Waals surface area contributed by atoms with Crippen molar-refractivity contribution in [3.63, 3.8) is 0 Å². The highest BCUT2D eigenvalue weighted by atomic mass is 35.5. The molecule has 0 spiro atoms. The number of hydrogen-bond donors (Lipinski definition) is 2. The molecule has 0 fully saturated rings. The smallest absolute Gasteiger partial charge is 0.0649 e. The maximum Gasteiger partial charge on any atom is 0.0649 e. The Balaban J connectivity index is 1.56. The molecule has 0 radical (unpaired) electrons. The van der Waals surface area contributed by atoms with Gasteiger partial charge in [-0.3, -0.25) is 5.43 Å². The van der Waals surface area contributed by atoms with E-state index < -0.39 is 0 Å². The van der Waals surface area contributed by atoms with Gasteiger partial charge in [0.1, 0.15) is 0 Å². The number of anilines is 3. The molecule has 2 N–H and O–H groups in total. The van der Waals surface area contributed by atoms with Crippen molar-refractivity contribution in [1.29, 1.82) is 0 Å². The van der Waals surface area contributed by atoms with E-state index in [1.54, 1.807) is 23.9 Å². The molecule has 0 atom stereocenters. The van der Waals surface area contributed by atoms with Gasteiger partial charge in [-0.05, 0) is 55.0 Å². The number of nitrogens with one attached hydrogen (secondary N) is 2. The molecular formula is C20H15Cl2N3S. The molecule has 0 bridgehead atoms. The Labute approximate surface area is 166 Å². The van der Waals surface area contributed by atoms with Crippen molar-refractivity contribution >= 4 is 57.7 Å². The minimum Gasteiger partial charge on any atom is -0.354 e. The number of fused-ring (bicyclic) bond motifs is 2. The van der Waals surface area contributed by atoms with Crippen LogP contribution in [0.15, 0.2) is 75.6 Å². The second-order valence-electron chi connectivity index (χ2n) is 5.87. The zero-order valence-corrected chi connectivity index (χ0v) is 16.2. The number of halogens is 2. The van der Waals surface area contributed by atoms with Crippen LogP contribution in [0.3, 0.4) is 0 Å². The van der Waals surface area contributed by atoms with Gasteiger partial charge in [-0.1, -0.05) is 53.2 Å². The summed E-state index contributed by atoms with van der Waals surface area (Å²) < 4.78 is 0. The van der Waals surface area contributed by atoms with Gasteiger partial charge in [0.25, 0.3) is 0 Å². The number of para-hydroxylation sites is 1. The van der Waals surface area contributed by atoms with Crippen LogP contribution < -0.4 is 10.7 Å². The third-order valence-corrected chi connectivity index (χ3v) is 5.94. The normalized spacial score (nSPS) is 12.8. The second kappa shape index (κ2) is 7.23. The molecule has 0 unspecified atom stereocenters. The first kappa shape index (κ1) is 17.3. The molecule has 0 saturated heterocycles. The fourth-order valence-corrected chi connectivity index (χ4v) is 3.91. The molecule has 0 aliphatic carbocycles. The maximum absolute atomic E-state index is 6.04. The fourth-order valence-electron chi connectivity index (χ4n) is 2.64. The van der Waals surface area contributed by atoms with Crippen LogP contribution >= 0.6 is 35.0 Å². The van der Waals surface area contributed by atoms with Gasteiger partial charge in [0.2, 0.25) is 0 Å². The van der Waals surface area contributed by atoms with Gasteiger partial charge < -0.3 is 5.32 Å². The van der Waals surface area contributed by atoms with Crippen LogP contribution in [0.4, 0.5) is 17.1 Å². The van der Waals surface area contributed by atoms with Crippen LogP contribution in [0.25, 0.3) is 0 Å². The first-order valence-electron chi connectivity index (χ1n) is 8.04. The van der Waals surface area contributed by atoms with Crippen LogP contribution in [0.2, 0.25) is 10.0 Å².